The van der Waals surface area contributed by atoms with E-state index in [0.29, 0.717) is 5.92 Å². The van der Waals surface area contributed by atoms with Crippen molar-refractivity contribution in [2.75, 3.05) is 26.2 Å². The Morgan fingerprint density at radius 1 is 1.43 bits per heavy atom. The van der Waals surface area contributed by atoms with Crippen molar-refractivity contribution in [1.29, 1.82) is 0 Å². The molecule has 2 unspecified atom stereocenters. The van der Waals surface area contributed by atoms with E-state index >= 15 is 0 Å². The maximum absolute atomic E-state index is 13.0. The largest absolute Gasteiger partial charge is 0.393 e. The molecule has 1 aromatic heterocycles. The van der Waals surface area contributed by atoms with Crippen molar-refractivity contribution in [2.24, 2.45) is 5.92 Å². The van der Waals surface area contributed by atoms with Crippen molar-refractivity contribution in [3.05, 3.63) is 29.8 Å². The van der Waals surface area contributed by atoms with Crippen molar-refractivity contribution >= 4 is 0 Å². The number of likely N-dealkylation sites (tertiary alicyclic amines) is 1. The van der Waals surface area contributed by atoms with Crippen LogP contribution >= 0.6 is 0 Å². The number of hydrogen-bond donors (Lipinski definition) is 2. The zero-order valence-corrected chi connectivity index (χ0v) is 12.9. The first-order valence-electron chi connectivity index (χ1n) is 7.85. The van der Waals surface area contributed by atoms with Gasteiger partial charge in [-0.15, -0.1) is 0 Å². The molecule has 2 heterocycles. The van der Waals surface area contributed by atoms with Crippen LogP contribution in [0.25, 0.3) is 0 Å². The molecule has 1 saturated heterocycles. The summed E-state index contributed by atoms with van der Waals surface area (Å²) in [5.74, 6) is 0.0739. The highest BCUT2D eigenvalue weighted by atomic mass is 19.1. The van der Waals surface area contributed by atoms with Crippen LogP contribution < -0.4 is 5.32 Å². The molecule has 0 radical (unpaired) electrons. The molecule has 2 N–H and O–H groups in total. The van der Waals surface area contributed by atoms with Crippen LogP contribution in [0.5, 0.6) is 0 Å². The Kier molecular flexibility index (Phi) is 6.08. The van der Waals surface area contributed by atoms with Gasteiger partial charge in [-0.05, 0) is 37.4 Å². The second-order valence-electron chi connectivity index (χ2n) is 5.95. The van der Waals surface area contributed by atoms with Crippen molar-refractivity contribution < 1.29 is 9.50 Å². The fraction of sp³-hybridized carbons (Fsp3) is 0.688. The number of halogens is 1. The molecule has 0 bridgehead atoms. The first-order chi connectivity index (χ1) is 10.1. The molecule has 0 saturated carbocycles. The fourth-order valence-electron chi connectivity index (χ4n) is 3.00. The number of piperidine rings is 1. The van der Waals surface area contributed by atoms with E-state index < -0.39 is 0 Å². The summed E-state index contributed by atoms with van der Waals surface area (Å²) in [5, 5.41) is 13.0. The first kappa shape index (κ1) is 16.3. The minimum atomic E-state index is -0.299. The Morgan fingerprint density at radius 3 is 2.71 bits per heavy atom. The lowest BCUT2D eigenvalue weighted by Gasteiger charge is -2.34. The highest BCUT2D eigenvalue weighted by molar-refractivity contribution is 5.11. The first-order valence-corrected chi connectivity index (χ1v) is 7.85. The zero-order valence-electron chi connectivity index (χ0n) is 12.9. The predicted molar refractivity (Wildman–Crippen MR) is 81.5 cm³/mol. The van der Waals surface area contributed by atoms with Gasteiger partial charge in [-0.1, -0.05) is 13.8 Å². The van der Waals surface area contributed by atoms with Gasteiger partial charge in [-0.3, -0.25) is 4.98 Å². The smallest absolute Gasteiger partial charge is 0.141 e. The van der Waals surface area contributed by atoms with Gasteiger partial charge in [0.15, 0.2) is 0 Å². The zero-order chi connectivity index (χ0) is 15.2. The molecule has 5 heteroatoms. The minimum absolute atomic E-state index is 0.127. The second-order valence-corrected chi connectivity index (χ2v) is 5.95. The molecular weight excluding hydrogens is 269 g/mol. The van der Waals surface area contributed by atoms with Gasteiger partial charge in [0.05, 0.1) is 24.0 Å². The quantitative estimate of drug-likeness (QED) is 0.842. The Bertz CT molecular complexity index is 418. The number of aliphatic hydroxyl groups excluding tert-OH is 1. The monoisotopic (exact) mass is 295 g/mol. The van der Waals surface area contributed by atoms with Crippen molar-refractivity contribution in [3.63, 3.8) is 0 Å². The molecule has 1 fully saturated rings. The fourth-order valence-corrected chi connectivity index (χ4v) is 3.00. The van der Waals surface area contributed by atoms with Crippen LogP contribution in [-0.2, 0) is 0 Å². The molecule has 4 nitrogen and oxygen atoms in total. The number of aromatic nitrogens is 1. The summed E-state index contributed by atoms with van der Waals surface area (Å²) in [4.78, 5) is 6.62. The van der Waals surface area contributed by atoms with E-state index in [4.69, 9.17) is 0 Å². The molecule has 0 amide bonds. The molecule has 0 aliphatic carbocycles. The Hall–Kier alpha value is -1.04. The van der Waals surface area contributed by atoms with Crippen LogP contribution in [0.2, 0.25) is 0 Å². The van der Waals surface area contributed by atoms with Crippen LogP contribution in [0, 0.1) is 11.7 Å². The van der Waals surface area contributed by atoms with Gasteiger partial charge in [-0.25, -0.2) is 4.39 Å². The van der Waals surface area contributed by atoms with Crippen LogP contribution in [0.15, 0.2) is 18.3 Å². The SMILES string of the molecule is CCNC(c1ccc(F)cn1)C(C)CN1CCC(O)CC1. The average molecular weight is 295 g/mol. The predicted octanol–water partition coefficient (Wildman–Crippen LogP) is 1.96. The molecule has 1 aromatic rings. The number of hydrogen-bond acceptors (Lipinski definition) is 4. The molecule has 2 atom stereocenters. The van der Waals surface area contributed by atoms with Crippen LogP contribution in [-0.4, -0.2) is 47.3 Å². The van der Waals surface area contributed by atoms with Crippen molar-refractivity contribution in [2.45, 2.75) is 38.8 Å². The number of pyridine rings is 1. The Labute approximate surface area is 126 Å². The summed E-state index contributed by atoms with van der Waals surface area (Å²) in [6, 6.07) is 3.36. The molecular formula is C16H26FN3O. The van der Waals surface area contributed by atoms with E-state index in [0.717, 1.165) is 44.7 Å². The van der Waals surface area contributed by atoms with Crippen molar-refractivity contribution in [1.82, 2.24) is 15.2 Å². The summed E-state index contributed by atoms with van der Waals surface area (Å²) in [7, 11) is 0. The maximum atomic E-state index is 13.0. The van der Waals surface area contributed by atoms with Gasteiger partial charge in [0.25, 0.3) is 0 Å². The average Bonchev–Trinajstić information content (AvgIpc) is 2.48. The molecule has 1 aliphatic rings. The lowest BCUT2D eigenvalue weighted by molar-refractivity contribution is 0.0724. The standard InChI is InChI=1S/C16H26FN3O/c1-3-18-16(15-5-4-13(17)10-19-15)12(2)11-20-8-6-14(21)7-9-20/h4-5,10,12,14,16,18,21H,3,6-9,11H2,1-2H3. The second kappa shape index (κ2) is 7.82. The molecule has 0 spiro atoms. The van der Waals surface area contributed by atoms with E-state index in [2.05, 4.69) is 29.0 Å². The Morgan fingerprint density at radius 2 is 2.14 bits per heavy atom. The van der Waals surface area contributed by atoms with Crippen LogP contribution in [0.4, 0.5) is 4.39 Å². The normalized spacial score (nSPS) is 20.4. The van der Waals surface area contributed by atoms with Gasteiger partial charge < -0.3 is 15.3 Å². The topological polar surface area (TPSA) is 48.4 Å². The van der Waals surface area contributed by atoms with E-state index in [-0.39, 0.29) is 18.0 Å². The summed E-state index contributed by atoms with van der Waals surface area (Å²) in [6.45, 7) is 7.97. The minimum Gasteiger partial charge on any atom is -0.393 e. The van der Waals surface area contributed by atoms with Gasteiger partial charge in [-0.2, -0.15) is 0 Å². The number of nitrogens with one attached hydrogen (secondary N) is 1. The molecule has 2 rings (SSSR count). The van der Waals surface area contributed by atoms with Crippen LogP contribution in [0.3, 0.4) is 0 Å². The summed E-state index contributed by atoms with van der Waals surface area (Å²) >= 11 is 0. The number of rotatable bonds is 6. The maximum Gasteiger partial charge on any atom is 0.141 e. The molecule has 118 valence electrons. The van der Waals surface area contributed by atoms with E-state index in [9.17, 15) is 9.50 Å². The van der Waals surface area contributed by atoms with E-state index in [1.165, 1.54) is 12.3 Å². The van der Waals surface area contributed by atoms with Gasteiger partial charge in [0, 0.05) is 19.6 Å². The van der Waals surface area contributed by atoms with E-state index in [1.807, 2.05) is 0 Å². The summed E-state index contributed by atoms with van der Waals surface area (Å²) in [6.07, 6.45) is 2.85. The highest BCUT2D eigenvalue weighted by Gasteiger charge is 2.24. The molecule has 1 aliphatic heterocycles. The Balaban J connectivity index is 1.98. The lowest BCUT2D eigenvalue weighted by Crippen LogP contribution is -2.41. The molecule has 0 aromatic carbocycles. The van der Waals surface area contributed by atoms with Gasteiger partial charge in [0.1, 0.15) is 5.82 Å². The van der Waals surface area contributed by atoms with Crippen molar-refractivity contribution in [3.8, 4) is 0 Å². The molecule has 21 heavy (non-hydrogen) atoms. The number of nitrogens with zero attached hydrogens (tertiary/aromatic N) is 2. The van der Waals surface area contributed by atoms with Crippen LogP contribution in [0.1, 0.15) is 38.4 Å². The van der Waals surface area contributed by atoms with Gasteiger partial charge >= 0.3 is 0 Å². The van der Waals surface area contributed by atoms with Gasteiger partial charge in [0.2, 0.25) is 0 Å². The third-order valence-corrected chi connectivity index (χ3v) is 4.17. The highest BCUT2D eigenvalue weighted by Crippen LogP contribution is 2.23. The summed E-state index contributed by atoms with van der Waals surface area (Å²) < 4.78 is 13.0. The van der Waals surface area contributed by atoms with E-state index in [1.54, 1.807) is 6.07 Å². The third-order valence-electron chi connectivity index (χ3n) is 4.17. The lowest BCUT2D eigenvalue weighted by atomic mass is 9.96. The number of aliphatic hydroxyl groups is 1. The summed E-state index contributed by atoms with van der Waals surface area (Å²) in [5.41, 5.74) is 0.891. The third kappa shape index (κ3) is 4.73.